The van der Waals surface area contributed by atoms with E-state index in [2.05, 4.69) is 14.8 Å². The molecule has 1 aliphatic heterocycles. The smallest absolute Gasteiger partial charge is 0.346 e. The third kappa shape index (κ3) is 9.18. The van der Waals surface area contributed by atoms with Gasteiger partial charge in [-0.2, -0.15) is 0 Å². The Hall–Kier alpha value is -7.74. The van der Waals surface area contributed by atoms with Gasteiger partial charge in [-0.1, -0.05) is 12.1 Å². The number of aromatic hydroxyl groups is 2. The van der Waals surface area contributed by atoms with Crippen LogP contribution in [0, 0.1) is 12.0 Å². The molecule has 1 aliphatic carbocycles. The van der Waals surface area contributed by atoms with Crippen LogP contribution in [0.4, 0.5) is 5.69 Å². The summed E-state index contributed by atoms with van der Waals surface area (Å²) in [6.45, 7) is 10.6. The number of aromatic nitrogens is 3. The highest BCUT2D eigenvalue weighted by Crippen LogP contribution is 2.41. The van der Waals surface area contributed by atoms with E-state index in [0.717, 1.165) is 5.56 Å². The van der Waals surface area contributed by atoms with Gasteiger partial charge in [0.25, 0.3) is 0 Å². The van der Waals surface area contributed by atoms with Crippen molar-refractivity contribution in [2.75, 3.05) is 28.4 Å². The number of carbonyl (C=O) groups excluding carboxylic acids is 4. The van der Waals surface area contributed by atoms with Gasteiger partial charge in [0.05, 0.1) is 71.0 Å². The molecule has 2 amide bonds. The van der Waals surface area contributed by atoms with E-state index in [1.165, 1.54) is 42.1 Å². The maximum atomic E-state index is 12.8. The number of pyridine rings is 2. The Morgan fingerprint density at radius 1 is 0.800 bits per heavy atom. The zero-order valence-corrected chi connectivity index (χ0v) is 33.6. The van der Waals surface area contributed by atoms with E-state index in [9.17, 15) is 29.4 Å². The number of nitrogens with one attached hydrogen (secondary N) is 1. The first-order valence-corrected chi connectivity index (χ1v) is 18.3. The van der Waals surface area contributed by atoms with Crippen LogP contribution in [-0.4, -0.2) is 93.5 Å². The Bertz CT molecular complexity index is 2430. The van der Waals surface area contributed by atoms with Gasteiger partial charge in [0.2, 0.25) is 35.0 Å². The monoisotopic (exact) mass is 818 g/mol. The number of likely N-dealkylation sites (tertiary alicyclic amines) is 1. The molecular weight excluding hydrogens is 777 g/mol. The number of fused-ring (bicyclic) bond motifs is 2. The van der Waals surface area contributed by atoms with Gasteiger partial charge in [-0.3, -0.25) is 39.2 Å². The van der Waals surface area contributed by atoms with Crippen LogP contribution in [0.1, 0.15) is 75.5 Å². The van der Waals surface area contributed by atoms with Gasteiger partial charge in [-0.25, -0.2) is 9.64 Å². The first-order valence-electron chi connectivity index (χ1n) is 18.3. The summed E-state index contributed by atoms with van der Waals surface area (Å²) in [5.41, 5.74) is 1.94. The summed E-state index contributed by atoms with van der Waals surface area (Å²) in [6.07, 6.45) is 3.31. The maximum absolute atomic E-state index is 12.8. The Labute approximate surface area is 345 Å². The number of imide groups is 1. The third-order valence-electron chi connectivity index (χ3n) is 9.22. The van der Waals surface area contributed by atoms with E-state index in [1.54, 1.807) is 82.7 Å². The van der Waals surface area contributed by atoms with Crippen LogP contribution in [0.5, 0.6) is 34.8 Å². The van der Waals surface area contributed by atoms with Gasteiger partial charge in [0.1, 0.15) is 28.7 Å². The molecule has 1 saturated heterocycles. The summed E-state index contributed by atoms with van der Waals surface area (Å²) in [4.78, 5) is 59.6. The SMILES string of the molecule is COc1ccc(CN2C(=O)CCC2=O)c(OC)c1.COc1ccc(Cn2c(O)c3c(c2O)C(=O)c2ncccc2C3=N)c(OC)c1.[C-]#[N+]c1cccnc1C(=O)OC(C)C. The van der Waals surface area contributed by atoms with Gasteiger partial charge >= 0.3 is 5.97 Å². The van der Waals surface area contributed by atoms with E-state index in [0.29, 0.717) is 47.0 Å². The lowest BCUT2D eigenvalue weighted by atomic mass is 9.89. The fraction of sp³-hybridized carbons (Fsp3) is 0.256. The number of carbonyl (C=O) groups is 4. The number of methoxy groups -OCH3 is 4. The highest BCUT2D eigenvalue weighted by molar-refractivity contribution is 6.30. The van der Waals surface area contributed by atoms with E-state index >= 15 is 0 Å². The van der Waals surface area contributed by atoms with E-state index in [1.807, 2.05) is 0 Å². The lowest BCUT2D eigenvalue weighted by molar-refractivity contribution is -0.139. The molecule has 3 N–H and O–H groups in total. The number of amides is 2. The fourth-order valence-electron chi connectivity index (χ4n) is 6.26. The summed E-state index contributed by atoms with van der Waals surface area (Å²) < 4.78 is 27.0. The molecule has 60 heavy (non-hydrogen) atoms. The van der Waals surface area contributed by atoms with E-state index in [-0.39, 0.29) is 70.8 Å². The molecule has 1 fully saturated rings. The zero-order valence-electron chi connectivity index (χ0n) is 33.6. The Morgan fingerprint density at radius 2 is 1.35 bits per heavy atom. The van der Waals surface area contributed by atoms with Crippen LogP contribution in [0.25, 0.3) is 4.85 Å². The number of ketones is 1. The number of ether oxygens (including phenoxy) is 5. The Balaban J connectivity index is 0.000000184. The molecule has 3 aromatic heterocycles. The molecule has 0 bridgehead atoms. The van der Waals surface area contributed by atoms with Crippen LogP contribution in [0.15, 0.2) is 73.1 Å². The van der Waals surface area contributed by atoms with E-state index < -0.39 is 17.6 Å². The number of esters is 1. The van der Waals surface area contributed by atoms with Crippen molar-refractivity contribution in [3.8, 4) is 34.8 Å². The van der Waals surface area contributed by atoms with Crippen molar-refractivity contribution in [3.05, 3.63) is 124 Å². The van der Waals surface area contributed by atoms with Crippen LogP contribution < -0.4 is 18.9 Å². The first-order chi connectivity index (χ1) is 28.8. The van der Waals surface area contributed by atoms with Crippen LogP contribution >= 0.6 is 0 Å². The standard InChI is InChI=1S/C20H17N3O5.C13H15NO4.C10H10N2O2/c1-27-11-6-5-10(13(8-11)28-2)9-23-19(25)14-15(20(23)26)18(24)17-12(16(14)21)4-3-7-22-17;1-17-10-4-3-9(11(7-10)18-2)8-14-12(15)5-6-13(14)16;1-7(2)14-10(13)9-8(11-3)5-4-6-12-9/h3-8,21,25-26H,9H2,1-2H3;3-4,7H,5-6,8H2,1-2H3;4-7H,1-2H3. The number of benzene rings is 2. The summed E-state index contributed by atoms with van der Waals surface area (Å²) in [5, 5.41) is 29.8. The molecule has 2 aromatic carbocycles. The van der Waals surface area contributed by atoms with Crippen molar-refractivity contribution in [2.45, 2.75) is 45.9 Å². The predicted octanol–water partition coefficient (Wildman–Crippen LogP) is 5.87. The van der Waals surface area contributed by atoms with Crippen molar-refractivity contribution in [3.63, 3.8) is 0 Å². The average molecular weight is 819 g/mol. The second-order valence-corrected chi connectivity index (χ2v) is 13.3. The molecule has 0 spiro atoms. The molecule has 17 heteroatoms. The first kappa shape index (κ1) is 43.4. The van der Waals surface area contributed by atoms with Crippen LogP contribution in [0.3, 0.4) is 0 Å². The molecule has 0 radical (unpaired) electrons. The molecule has 17 nitrogen and oxygen atoms in total. The highest BCUT2D eigenvalue weighted by Gasteiger charge is 2.37. The van der Waals surface area contributed by atoms with Gasteiger partial charge in [-0.05, 0) is 50.2 Å². The number of hydrogen-bond acceptors (Lipinski definition) is 14. The minimum absolute atomic E-state index is 0.00419. The minimum Gasteiger partial charge on any atom is -0.497 e. The Kier molecular flexibility index (Phi) is 13.8. The molecule has 0 unspecified atom stereocenters. The number of hydrogen-bond donors (Lipinski definition) is 3. The second-order valence-electron chi connectivity index (χ2n) is 13.3. The van der Waals surface area contributed by atoms with Crippen LogP contribution in [0.2, 0.25) is 0 Å². The molecule has 4 heterocycles. The Morgan fingerprint density at radius 3 is 1.90 bits per heavy atom. The zero-order chi connectivity index (χ0) is 43.7. The van der Waals surface area contributed by atoms with Crippen molar-refractivity contribution in [2.24, 2.45) is 0 Å². The molecule has 5 aromatic rings. The largest absolute Gasteiger partial charge is 0.497 e. The maximum Gasteiger partial charge on any atom is 0.346 e. The van der Waals surface area contributed by atoms with Crippen LogP contribution in [-0.2, 0) is 27.4 Å². The average Bonchev–Trinajstić information content (AvgIpc) is 3.71. The predicted molar refractivity (Wildman–Crippen MR) is 215 cm³/mol. The fourth-order valence-corrected chi connectivity index (χ4v) is 6.26. The molecule has 310 valence electrons. The summed E-state index contributed by atoms with van der Waals surface area (Å²) in [5.74, 6) is 0.263. The van der Waals surface area contributed by atoms with Gasteiger partial charge in [0, 0.05) is 54.1 Å². The lowest BCUT2D eigenvalue weighted by Gasteiger charge is -2.16. The molecule has 2 aliphatic rings. The molecule has 7 rings (SSSR count). The van der Waals surface area contributed by atoms with E-state index in [4.69, 9.17) is 35.7 Å². The lowest BCUT2D eigenvalue weighted by Crippen LogP contribution is -2.28. The topological polar surface area (TPSA) is 217 Å². The van der Waals surface area contributed by atoms with Crippen molar-refractivity contribution < 1.29 is 53.1 Å². The third-order valence-corrected chi connectivity index (χ3v) is 9.22. The highest BCUT2D eigenvalue weighted by atomic mass is 16.5. The minimum atomic E-state index is -0.549. The van der Waals surface area contributed by atoms with Crippen molar-refractivity contribution >= 4 is 35.0 Å². The number of nitrogens with zero attached hydrogens (tertiary/aromatic N) is 5. The summed E-state index contributed by atoms with van der Waals surface area (Å²) in [6, 6.07) is 16.8. The molecule has 0 saturated carbocycles. The normalized spacial score (nSPS) is 12.6. The molecular formula is C43H42N6O11. The number of rotatable bonds is 10. The van der Waals surface area contributed by atoms with Crippen molar-refractivity contribution in [1.29, 1.82) is 5.41 Å². The summed E-state index contributed by atoms with van der Waals surface area (Å²) >= 11 is 0. The second kappa shape index (κ2) is 19.1. The van der Waals surface area contributed by atoms with Gasteiger partial charge in [0.15, 0.2) is 5.69 Å². The quantitative estimate of drug-likeness (QED) is 0.0838. The molecule has 0 atom stereocenters. The van der Waals surface area contributed by atoms with Gasteiger partial charge < -0.3 is 33.9 Å². The van der Waals surface area contributed by atoms with Gasteiger partial charge in [-0.15, -0.1) is 0 Å². The summed E-state index contributed by atoms with van der Waals surface area (Å²) in [7, 11) is 6.16. The van der Waals surface area contributed by atoms with Crippen molar-refractivity contribution in [1.82, 2.24) is 19.4 Å².